The van der Waals surface area contributed by atoms with E-state index in [4.69, 9.17) is 22.9 Å². The third-order valence-corrected chi connectivity index (χ3v) is 24.3. The average molecular weight is 1630 g/mol. The number of likely N-dealkylation sites (N-methyl/N-ethyl adjacent to an activating group) is 4. The lowest BCUT2D eigenvalue weighted by atomic mass is 9.57. The summed E-state index contributed by atoms with van der Waals surface area (Å²) in [6.07, 6.45) is 2.87. The molecule has 0 aliphatic heterocycles. The SMILES string of the molecule is CN(C)CC(=O)Nc1ccc(CCc2ccc(O)c3c2C[C@H]2C[C@H]4[C@H](N(C)C)C(=O)C(C(N)=O)=C(O)[C@@]4(O)C(=O)C2=C3O)cc1.CN(C)[C@@H]1C(=O)C(C(N)=O)=C(O)[C@@]2(O)C(=O)C3=C(O)c4c(O)ccc(C#CC(N)=O)c4C[C@H]3C[C@@H]12.CN(C)[C@@H]1C(=O)C(C(N)=O)=C(O)[C@@]2(O)C(=O)C3=C(O)c4c(O)ccc(CCc5ccc(O)cc5)c4C[C@H]3C[C@@H]12. The van der Waals surface area contributed by atoms with Gasteiger partial charge in [0.1, 0.15) is 74.3 Å². The van der Waals surface area contributed by atoms with Crippen LogP contribution in [-0.4, -0.2) is 248 Å². The summed E-state index contributed by atoms with van der Waals surface area (Å²) in [6, 6.07) is 19.9. The summed E-state index contributed by atoms with van der Waals surface area (Å²) in [5, 5.41) is 146. The smallest absolute Gasteiger partial charge is 0.293 e. The van der Waals surface area contributed by atoms with Crippen LogP contribution >= 0.6 is 0 Å². The van der Waals surface area contributed by atoms with Gasteiger partial charge in [-0.3, -0.25) is 67.4 Å². The van der Waals surface area contributed by atoms with E-state index in [1.165, 1.54) is 53.1 Å². The van der Waals surface area contributed by atoms with Gasteiger partial charge in [-0.05, 0) is 232 Å². The largest absolute Gasteiger partial charge is 0.508 e. The number of ketones is 6. The van der Waals surface area contributed by atoms with Crippen LogP contribution in [-0.2, 0) is 97.7 Å². The molecule has 12 atom stereocenters. The van der Waals surface area contributed by atoms with E-state index in [2.05, 4.69) is 17.2 Å². The fourth-order valence-corrected chi connectivity index (χ4v) is 19.0. The van der Waals surface area contributed by atoms with Crippen LogP contribution in [0.25, 0.3) is 17.3 Å². The molecule has 9 aliphatic rings. The number of hydrogen-bond donors (Lipinski definition) is 18. The Morgan fingerprint density at radius 3 is 1.07 bits per heavy atom. The monoisotopic (exact) mass is 1630 g/mol. The van der Waals surface area contributed by atoms with Crippen LogP contribution in [0.4, 0.5) is 5.69 Å². The summed E-state index contributed by atoms with van der Waals surface area (Å²) >= 11 is 0. The first-order valence-corrected chi connectivity index (χ1v) is 38.0. The molecule has 33 heteroatoms. The Morgan fingerprint density at radius 2 is 0.748 bits per heavy atom. The highest BCUT2D eigenvalue weighted by molar-refractivity contribution is 6.27. The molecule has 5 aromatic rings. The van der Waals surface area contributed by atoms with E-state index in [9.17, 15) is 119 Å². The number of hydrogen-bond acceptors (Lipinski definition) is 28. The molecular formula is C86H91N9O24. The van der Waals surface area contributed by atoms with Crippen molar-refractivity contribution in [2.75, 3.05) is 68.2 Å². The quantitative estimate of drug-likeness (QED) is 0.0522. The number of aliphatic hydroxyl groups is 9. The highest BCUT2D eigenvalue weighted by Gasteiger charge is 2.68. The number of Topliss-reactive ketones (excluding diaryl/α,β-unsaturated/α-hetero) is 6. The summed E-state index contributed by atoms with van der Waals surface area (Å²) < 4.78 is 0. The second kappa shape index (κ2) is 31.9. The molecule has 0 heterocycles. The molecule has 22 N–H and O–H groups in total. The van der Waals surface area contributed by atoms with Gasteiger partial charge in [0.05, 0.1) is 41.4 Å². The van der Waals surface area contributed by atoms with E-state index >= 15 is 0 Å². The van der Waals surface area contributed by atoms with E-state index in [0.717, 1.165) is 22.3 Å². The molecule has 14 rings (SSSR count). The molecular weight excluding hydrogens is 1540 g/mol. The zero-order valence-electron chi connectivity index (χ0n) is 66.0. The number of aliphatic hydroxyl groups excluding tert-OH is 6. The Labute approximate surface area is 680 Å². The molecule has 0 spiro atoms. The van der Waals surface area contributed by atoms with Crippen LogP contribution in [0, 0.1) is 47.3 Å². The lowest BCUT2D eigenvalue weighted by Crippen LogP contribution is -2.65. The molecule has 5 amide bonds. The number of fused-ring (bicyclic) bond motifs is 9. The summed E-state index contributed by atoms with van der Waals surface area (Å²) in [7, 11) is 12.9. The van der Waals surface area contributed by atoms with Crippen molar-refractivity contribution in [3.63, 3.8) is 0 Å². The molecule has 5 aromatic carbocycles. The fraction of sp³-hybridized carbons (Fsp3) is 0.360. The minimum Gasteiger partial charge on any atom is -0.508 e. The predicted molar refractivity (Wildman–Crippen MR) is 425 cm³/mol. The molecule has 33 nitrogen and oxygen atoms in total. The number of amides is 5. The zero-order chi connectivity index (χ0) is 87.3. The van der Waals surface area contributed by atoms with Crippen molar-refractivity contribution in [1.82, 2.24) is 19.6 Å². The van der Waals surface area contributed by atoms with Crippen LogP contribution in [0.2, 0.25) is 0 Å². The molecule has 9 aliphatic carbocycles. The fourth-order valence-electron chi connectivity index (χ4n) is 19.0. The second-order valence-electron chi connectivity index (χ2n) is 32.3. The number of aromatic hydroxyl groups is 4. The number of primary amides is 4. The van der Waals surface area contributed by atoms with Crippen molar-refractivity contribution in [2.45, 2.75) is 99.1 Å². The Morgan fingerprint density at radius 1 is 0.429 bits per heavy atom. The summed E-state index contributed by atoms with van der Waals surface area (Å²) in [5.74, 6) is -16.8. The topological polar surface area (TPSA) is 580 Å². The van der Waals surface area contributed by atoms with Gasteiger partial charge in [0.25, 0.3) is 23.6 Å². The van der Waals surface area contributed by atoms with Gasteiger partial charge in [-0.2, -0.15) is 0 Å². The highest BCUT2D eigenvalue weighted by atomic mass is 16.4. The lowest BCUT2D eigenvalue weighted by molar-refractivity contribution is -0.155. The van der Waals surface area contributed by atoms with Crippen molar-refractivity contribution < 1.29 is 119 Å². The Balaban J connectivity index is 0.000000165. The maximum absolute atomic E-state index is 14.0. The number of phenolic OH excluding ortho intramolecular Hbond substituents is 4. The van der Waals surface area contributed by atoms with Gasteiger partial charge in [-0.1, -0.05) is 42.3 Å². The van der Waals surface area contributed by atoms with Gasteiger partial charge < -0.3 is 99.5 Å². The van der Waals surface area contributed by atoms with Crippen LogP contribution < -0.4 is 28.3 Å². The number of phenols is 4. The zero-order valence-corrected chi connectivity index (χ0v) is 66.0. The minimum atomic E-state index is -2.70. The number of carbonyl (C=O) groups is 11. The molecule has 0 bridgehead atoms. The van der Waals surface area contributed by atoms with Crippen LogP contribution in [0.3, 0.4) is 0 Å². The maximum Gasteiger partial charge on any atom is 0.293 e. The summed E-state index contributed by atoms with van der Waals surface area (Å²) in [4.78, 5) is 147. The average Bonchev–Trinajstić information content (AvgIpc) is 0.708. The number of anilines is 1. The highest BCUT2D eigenvalue weighted by Crippen LogP contribution is 2.57. The van der Waals surface area contributed by atoms with Crippen molar-refractivity contribution in [1.29, 1.82) is 0 Å². The van der Waals surface area contributed by atoms with E-state index in [1.807, 2.05) is 38.4 Å². The molecule has 119 heavy (non-hydrogen) atoms. The molecule has 624 valence electrons. The van der Waals surface area contributed by atoms with Gasteiger partial charge in [0, 0.05) is 45.7 Å². The number of nitrogens with zero attached hydrogens (tertiary/aromatic N) is 4. The first-order valence-electron chi connectivity index (χ1n) is 38.0. The molecule has 0 aromatic heterocycles. The Hall–Kier alpha value is -12.8. The molecule has 3 saturated carbocycles. The van der Waals surface area contributed by atoms with E-state index in [0.29, 0.717) is 48.1 Å². The van der Waals surface area contributed by atoms with Gasteiger partial charge in [0.15, 0.2) is 34.2 Å². The van der Waals surface area contributed by atoms with E-state index < -0.39 is 180 Å². The van der Waals surface area contributed by atoms with Crippen LogP contribution in [0.5, 0.6) is 23.0 Å². The summed E-state index contributed by atoms with van der Waals surface area (Å²) in [6.45, 7) is 0.266. The minimum absolute atomic E-state index is 0.0296. The first-order chi connectivity index (χ1) is 55.8. The van der Waals surface area contributed by atoms with Crippen molar-refractivity contribution >= 4 is 87.2 Å². The van der Waals surface area contributed by atoms with E-state index in [1.54, 1.807) is 69.5 Å². The Bertz CT molecular complexity index is 5540. The van der Waals surface area contributed by atoms with Crippen molar-refractivity contribution in [3.05, 3.63) is 197 Å². The lowest BCUT2D eigenvalue weighted by Gasteiger charge is -2.50. The second-order valence-corrected chi connectivity index (χ2v) is 32.3. The van der Waals surface area contributed by atoms with Gasteiger partial charge in [0.2, 0.25) is 23.3 Å². The maximum atomic E-state index is 14.0. The molecule has 3 fully saturated rings. The Kier molecular flexibility index (Phi) is 22.9. The van der Waals surface area contributed by atoms with Crippen molar-refractivity contribution in [3.8, 4) is 34.8 Å². The number of carbonyl (C=O) groups excluding carboxylic acids is 11. The molecule has 0 unspecified atom stereocenters. The first kappa shape index (κ1) is 85.6. The third kappa shape index (κ3) is 14.4. The number of nitrogens with two attached hydrogens (primary N) is 4. The van der Waals surface area contributed by atoms with Crippen molar-refractivity contribution in [2.24, 2.45) is 58.4 Å². The molecule has 0 radical (unpaired) electrons. The van der Waals surface area contributed by atoms with E-state index in [-0.39, 0.29) is 113 Å². The standard InChI is InChI=1S/C33H38N4O8.C29H30N2O8.C24H23N3O8/c1-36(2)15-23(39)35-19-10-6-16(7-11-19)5-8-17-9-12-22(38)25-20(17)13-18-14-21-27(37(3)4)29(41)26(32(34)44)31(43)33(21,45)30(42)24(18)28(25)40;1-31(2)23-18-12-15-11-17-14(6-3-13-4-8-16(32)9-5-13)7-10-19(33)21(17)24(34)20(15)26(36)29(18,39)27(37)22(25(23)35)28(30)38;1-27(2)18-12-8-10-7-11-9(4-6-14(25)29)3-5-13(28)16(11)19(30)15(10)21(32)24(12,35)22(33)17(20(18)31)23(26)34/h6-7,9-12,18,21,27,38,40,43,45H,5,8,13-15H2,1-4H3,(H2,34,44)(H,35,39);4-5,7-10,15,18,23,32-34,37,39H,3,6,11-12H2,1-2H3,(H2,30,38);3,5,10,12,18,28,30,33,35H,7-8H2,1-2H3,(H2,25,29)(H2,26,34)/t18-,21-,27-,33-;15-,18-,23-,29-;10-,12-,18-,24-/m000/s1. The number of benzene rings is 5. The number of nitrogens with one attached hydrogen (secondary N) is 1. The van der Waals surface area contributed by atoms with Gasteiger partial charge >= 0.3 is 0 Å². The third-order valence-electron chi connectivity index (χ3n) is 24.3. The normalized spacial score (nSPS) is 26.0. The number of aryl methyl sites for hydroxylation is 4. The van der Waals surface area contributed by atoms with Gasteiger partial charge in [-0.15, -0.1) is 0 Å². The number of rotatable bonds is 15. The predicted octanol–water partition coefficient (Wildman–Crippen LogP) is 1.50. The van der Waals surface area contributed by atoms with Crippen LogP contribution in [0.15, 0.2) is 136 Å². The van der Waals surface area contributed by atoms with Gasteiger partial charge in [-0.25, -0.2) is 0 Å². The summed E-state index contributed by atoms with van der Waals surface area (Å²) in [5.41, 5.74) is 16.2. The molecule has 0 saturated heterocycles. The van der Waals surface area contributed by atoms with Crippen LogP contribution in [0.1, 0.15) is 80.5 Å².